The molecule has 0 aliphatic heterocycles. The molecule has 1 atom stereocenters. The Kier molecular flexibility index (Phi) is 5.04. The van der Waals surface area contributed by atoms with Crippen molar-refractivity contribution in [3.05, 3.63) is 60.4 Å². The minimum atomic E-state index is -0.782. The van der Waals surface area contributed by atoms with E-state index in [0.717, 1.165) is 10.6 Å². The summed E-state index contributed by atoms with van der Waals surface area (Å²) in [5, 5.41) is 9.41. The van der Waals surface area contributed by atoms with Crippen LogP contribution in [0.1, 0.15) is 6.92 Å². The van der Waals surface area contributed by atoms with Crippen LogP contribution < -0.4 is 9.64 Å². The van der Waals surface area contributed by atoms with Gasteiger partial charge in [0.15, 0.2) is 6.10 Å². The lowest BCUT2D eigenvalue weighted by Gasteiger charge is -2.19. The SMILES string of the molecule is C[C@H](Oc1cccc(F)c1)C(=O)N(C)c1nnc(-c2ccccc2)s1. The Morgan fingerprint density at radius 3 is 2.64 bits per heavy atom. The minimum absolute atomic E-state index is 0.292. The molecule has 0 aliphatic rings. The summed E-state index contributed by atoms with van der Waals surface area (Å²) < 4.78 is 18.7. The van der Waals surface area contributed by atoms with Crippen molar-refractivity contribution in [2.24, 2.45) is 0 Å². The molecular formula is C18H16FN3O2S. The van der Waals surface area contributed by atoms with Crippen molar-refractivity contribution in [3.63, 3.8) is 0 Å². The molecular weight excluding hydrogens is 341 g/mol. The molecule has 0 aliphatic carbocycles. The quantitative estimate of drug-likeness (QED) is 0.697. The number of carbonyl (C=O) groups is 1. The summed E-state index contributed by atoms with van der Waals surface area (Å²) in [6.45, 7) is 1.61. The van der Waals surface area contributed by atoms with Gasteiger partial charge in [-0.2, -0.15) is 0 Å². The van der Waals surface area contributed by atoms with Crippen molar-refractivity contribution >= 4 is 22.4 Å². The minimum Gasteiger partial charge on any atom is -0.481 e. The monoisotopic (exact) mass is 357 g/mol. The van der Waals surface area contributed by atoms with Crippen LogP contribution >= 0.6 is 11.3 Å². The smallest absolute Gasteiger partial charge is 0.269 e. The van der Waals surface area contributed by atoms with Crippen LogP contribution in [0.15, 0.2) is 54.6 Å². The van der Waals surface area contributed by atoms with E-state index in [2.05, 4.69) is 10.2 Å². The summed E-state index contributed by atoms with van der Waals surface area (Å²) in [5.41, 5.74) is 0.941. The highest BCUT2D eigenvalue weighted by molar-refractivity contribution is 7.18. The maximum absolute atomic E-state index is 13.2. The summed E-state index contributed by atoms with van der Waals surface area (Å²) in [4.78, 5) is 13.9. The summed E-state index contributed by atoms with van der Waals surface area (Å²) in [7, 11) is 1.61. The Balaban J connectivity index is 1.71. The van der Waals surface area contributed by atoms with E-state index in [1.807, 2.05) is 30.3 Å². The number of hydrogen-bond donors (Lipinski definition) is 0. The van der Waals surface area contributed by atoms with Gasteiger partial charge in [-0.3, -0.25) is 9.69 Å². The summed E-state index contributed by atoms with van der Waals surface area (Å²) >= 11 is 1.32. The fraction of sp³-hybridized carbons (Fsp3) is 0.167. The highest BCUT2D eigenvalue weighted by Gasteiger charge is 2.23. The Hall–Kier alpha value is -2.80. The first-order valence-corrected chi connectivity index (χ1v) is 8.45. The van der Waals surface area contributed by atoms with E-state index in [9.17, 15) is 9.18 Å². The number of ether oxygens (including phenoxy) is 1. The highest BCUT2D eigenvalue weighted by atomic mass is 32.1. The van der Waals surface area contributed by atoms with Gasteiger partial charge >= 0.3 is 0 Å². The molecule has 1 aromatic heterocycles. The Labute approximate surface area is 148 Å². The summed E-state index contributed by atoms with van der Waals surface area (Å²) in [6.07, 6.45) is -0.782. The number of benzene rings is 2. The molecule has 1 amide bonds. The van der Waals surface area contributed by atoms with Crippen LogP contribution in [-0.4, -0.2) is 29.3 Å². The lowest BCUT2D eigenvalue weighted by Crippen LogP contribution is -2.38. The fourth-order valence-corrected chi connectivity index (χ4v) is 3.03. The molecule has 0 spiro atoms. The van der Waals surface area contributed by atoms with E-state index < -0.39 is 11.9 Å². The molecule has 3 aromatic rings. The molecule has 0 bridgehead atoms. The number of rotatable bonds is 5. The zero-order valence-electron chi connectivity index (χ0n) is 13.7. The molecule has 5 nitrogen and oxygen atoms in total. The number of nitrogens with zero attached hydrogens (tertiary/aromatic N) is 3. The van der Waals surface area contributed by atoms with Gasteiger partial charge < -0.3 is 4.74 Å². The normalized spacial score (nSPS) is 11.8. The van der Waals surface area contributed by atoms with Crippen LogP contribution in [-0.2, 0) is 4.79 Å². The van der Waals surface area contributed by atoms with E-state index in [1.54, 1.807) is 20.0 Å². The predicted molar refractivity (Wildman–Crippen MR) is 95.2 cm³/mol. The van der Waals surface area contributed by atoms with Gasteiger partial charge in [0, 0.05) is 18.7 Å². The van der Waals surface area contributed by atoms with Gasteiger partial charge in [-0.25, -0.2) is 4.39 Å². The molecule has 3 rings (SSSR count). The number of likely N-dealkylation sites (N-methyl/N-ethyl adjacent to an activating group) is 1. The van der Waals surface area contributed by atoms with E-state index >= 15 is 0 Å². The van der Waals surface area contributed by atoms with Crippen molar-refractivity contribution in [2.45, 2.75) is 13.0 Å². The summed E-state index contributed by atoms with van der Waals surface area (Å²) in [6, 6.07) is 15.3. The van der Waals surface area contributed by atoms with Gasteiger partial charge in [0.25, 0.3) is 5.91 Å². The number of amides is 1. The zero-order chi connectivity index (χ0) is 17.8. The van der Waals surface area contributed by atoms with Crippen LogP contribution in [0.4, 0.5) is 9.52 Å². The van der Waals surface area contributed by atoms with E-state index in [0.29, 0.717) is 10.9 Å². The standard InChI is InChI=1S/C18H16FN3O2S/c1-12(24-15-10-6-9-14(19)11-15)17(23)22(2)18-21-20-16(25-18)13-7-4-3-5-8-13/h3-12H,1-2H3/t12-/m0/s1. The first kappa shape index (κ1) is 17.0. The number of halogens is 1. The number of aromatic nitrogens is 2. The third-order valence-electron chi connectivity index (χ3n) is 3.51. The average molecular weight is 357 g/mol. The summed E-state index contributed by atoms with van der Waals surface area (Å²) in [5.74, 6) is -0.404. The molecule has 0 saturated heterocycles. The van der Waals surface area contributed by atoms with Crippen molar-refractivity contribution in [2.75, 3.05) is 11.9 Å². The molecule has 0 fully saturated rings. The first-order valence-electron chi connectivity index (χ1n) is 7.63. The molecule has 2 aromatic carbocycles. The van der Waals surface area contributed by atoms with Gasteiger partial charge in [-0.05, 0) is 19.1 Å². The third-order valence-corrected chi connectivity index (χ3v) is 4.56. The molecule has 0 N–H and O–H groups in total. The molecule has 128 valence electrons. The van der Waals surface area contributed by atoms with E-state index in [1.165, 1.54) is 34.4 Å². The lowest BCUT2D eigenvalue weighted by molar-refractivity contribution is -0.124. The van der Waals surface area contributed by atoms with Crippen LogP contribution in [0.2, 0.25) is 0 Å². The van der Waals surface area contributed by atoms with Crippen LogP contribution in [0.25, 0.3) is 10.6 Å². The zero-order valence-corrected chi connectivity index (χ0v) is 14.5. The number of carbonyl (C=O) groups excluding carboxylic acids is 1. The molecule has 0 unspecified atom stereocenters. The highest BCUT2D eigenvalue weighted by Crippen LogP contribution is 2.28. The van der Waals surface area contributed by atoms with Gasteiger partial charge in [-0.1, -0.05) is 47.7 Å². The number of hydrogen-bond acceptors (Lipinski definition) is 5. The molecule has 7 heteroatoms. The third kappa shape index (κ3) is 4.00. The fourth-order valence-electron chi connectivity index (χ4n) is 2.21. The van der Waals surface area contributed by atoms with Crippen molar-refractivity contribution < 1.29 is 13.9 Å². The second-order valence-corrected chi connectivity index (χ2v) is 6.33. The van der Waals surface area contributed by atoms with Gasteiger partial charge in [0.1, 0.15) is 16.6 Å². The largest absolute Gasteiger partial charge is 0.481 e. The second kappa shape index (κ2) is 7.40. The lowest BCUT2D eigenvalue weighted by atomic mass is 10.2. The average Bonchev–Trinajstić information content (AvgIpc) is 3.11. The molecule has 0 saturated carbocycles. The van der Waals surface area contributed by atoms with Crippen molar-refractivity contribution in [1.29, 1.82) is 0 Å². The van der Waals surface area contributed by atoms with Crippen LogP contribution in [0.5, 0.6) is 5.75 Å². The number of anilines is 1. The van der Waals surface area contributed by atoms with E-state index in [4.69, 9.17) is 4.74 Å². The van der Waals surface area contributed by atoms with Crippen molar-refractivity contribution in [1.82, 2.24) is 10.2 Å². The maximum atomic E-state index is 13.2. The first-order chi connectivity index (χ1) is 12.0. The predicted octanol–water partition coefficient (Wildman–Crippen LogP) is 3.77. The maximum Gasteiger partial charge on any atom is 0.269 e. The van der Waals surface area contributed by atoms with Gasteiger partial charge in [-0.15, -0.1) is 10.2 Å². The van der Waals surface area contributed by atoms with Crippen molar-refractivity contribution in [3.8, 4) is 16.3 Å². The Morgan fingerprint density at radius 1 is 1.16 bits per heavy atom. The van der Waals surface area contributed by atoms with Crippen LogP contribution in [0.3, 0.4) is 0 Å². The second-order valence-electron chi connectivity index (χ2n) is 5.37. The topological polar surface area (TPSA) is 55.3 Å². The molecule has 0 radical (unpaired) electrons. The molecule has 25 heavy (non-hydrogen) atoms. The van der Waals surface area contributed by atoms with Gasteiger partial charge in [0.05, 0.1) is 0 Å². The van der Waals surface area contributed by atoms with Crippen LogP contribution in [0, 0.1) is 5.82 Å². The van der Waals surface area contributed by atoms with E-state index in [-0.39, 0.29) is 5.91 Å². The Morgan fingerprint density at radius 2 is 1.92 bits per heavy atom. The Bertz CT molecular complexity index is 870. The molecule has 1 heterocycles. The van der Waals surface area contributed by atoms with Gasteiger partial charge in [0.2, 0.25) is 5.13 Å².